The van der Waals surface area contributed by atoms with E-state index in [0.717, 1.165) is 54.7 Å². The van der Waals surface area contributed by atoms with Crippen LogP contribution in [0.4, 0.5) is 5.69 Å². The fourth-order valence-electron chi connectivity index (χ4n) is 3.90. The molecule has 0 aliphatic carbocycles. The fraction of sp³-hybridized carbons (Fsp3) is 0.261. The van der Waals surface area contributed by atoms with Gasteiger partial charge in [0.1, 0.15) is 0 Å². The van der Waals surface area contributed by atoms with Gasteiger partial charge in [-0.3, -0.25) is 4.79 Å². The Kier molecular flexibility index (Phi) is 4.97. The number of anilines is 1. The number of H-pyrrole nitrogens is 1. The Morgan fingerprint density at radius 3 is 2.41 bits per heavy atom. The molecule has 0 unspecified atom stereocenters. The van der Waals surface area contributed by atoms with E-state index in [9.17, 15) is 4.79 Å². The average molecular weight is 359 g/mol. The monoisotopic (exact) mass is 359 g/mol. The number of aromatic nitrogens is 1. The third-order valence-electron chi connectivity index (χ3n) is 5.47. The lowest BCUT2D eigenvalue weighted by Gasteiger charge is -2.32. The molecule has 0 saturated carbocycles. The molecule has 1 aliphatic rings. The van der Waals surface area contributed by atoms with Crippen molar-refractivity contribution in [1.29, 1.82) is 0 Å². The van der Waals surface area contributed by atoms with Crippen molar-refractivity contribution in [3.8, 4) is 11.1 Å². The third kappa shape index (κ3) is 3.90. The number of carbonyl (C=O) groups is 1. The number of nitrogen functional groups attached to an aromatic ring is 1. The maximum atomic E-state index is 13.1. The first-order valence-corrected chi connectivity index (χ1v) is 9.56. The fourth-order valence-corrected chi connectivity index (χ4v) is 3.90. The van der Waals surface area contributed by atoms with E-state index in [1.165, 1.54) is 5.56 Å². The molecule has 3 aromatic rings. The number of likely N-dealkylation sites (tertiary alicyclic amines) is 1. The van der Waals surface area contributed by atoms with Crippen LogP contribution in [0.25, 0.3) is 11.1 Å². The lowest BCUT2D eigenvalue weighted by molar-refractivity contribution is 0.0691. The van der Waals surface area contributed by atoms with Crippen molar-refractivity contribution in [1.82, 2.24) is 9.88 Å². The van der Waals surface area contributed by atoms with Gasteiger partial charge in [0.15, 0.2) is 0 Å². The predicted molar refractivity (Wildman–Crippen MR) is 109 cm³/mol. The molecule has 1 saturated heterocycles. The second-order valence-electron chi connectivity index (χ2n) is 7.33. The molecule has 1 aliphatic heterocycles. The maximum absolute atomic E-state index is 13.1. The zero-order chi connectivity index (χ0) is 18.6. The lowest BCUT2D eigenvalue weighted by atomic mass is 9.90. The van der Waals surface area contributed by atoms with Crippen LogP contribution in [0, 0.1) is 5.92 Å². The minimum absolute atomic E-state index is 0.112. The molecule has 2 heterocycles. The molecular formula is C23H25N3O. The zero-order valence-corrected chi connectivity index (χ0v) is 15.4. The first kappa shape index (κ1) is 17.4. The number of amides is 1. The summed E-state index contributed by atoms with van der Waals surface area (Å²) in [4.78, 5) is 18.2. The summed E-state index contributed by atoms with van der Waals surface area (Å²) in [6, 6.07) is 18.3. The van der Waals surface area contributed by atoms with E-state index in [1.807, 2.05) is 41.6 Å². The van der Waals surface area contributed by atoms with E-state index >= 15 is 0 Å². The van der Waals surface area contributed by atoms with Gasteiger partial charge in [-0.1, -0.05) is 42.5 Å². The molecule has 3 N–H and O–H groups in total. The van der Waals surface area contributed by atoms with Crippen LogP contribution in [0.15, 0.2) is 67.0 Å². The van der Waals surface area contributed by atoms with Crippen LogP contribution in [-0.4, -0.2) is 28.9 Å². The molecular weight excluding hydrogens is 334 g/mol. The van der Waals surface area contributed by atoms with Gasteiger partial charge in [0.05, 0.1) is 5.56 Å². The second kappa shape index (κ2) is 7.70. The summed E-state index contributed by atoms with van der Waals surface area (Å²) in [6.07, 6.45) is 6.92. The smallest absolute Gasteiger partial charge is 0.256 e. The molecule has 138 valence electrons. The molecule has 0 bridgehead atoms. The molecule has 27 heavy (non-hydrogen) atoms. The highest BCUT2D eigenvalue weighted by Gasteiger charge is 2.25. The normalized spacial score (nSPS) is 15.0. The van der Waals surface area contributed by atoms with E-state index in [4.69, 9.17) is 5.73 Å². The Morgan fingerprint density at radius 2 is 1.70 bits per heavy atom. The lowest BCUT2D eigenvalue weighted by Crippen LogP contribution is -2.39. The Morgan fingerprint density at radius 1 is 1.00 bits per heavy atom. The van der Waals surface area contributed by atoms with Crippen molar-refractivity contribution in [3.63, 3.8) is 0 Å². The number of nitrogens with one attached hydrogen (secondary N) is 1. The molecule has 1 amide bonds. The van der Waals surface area contributed by atoms with Gasteiger partial charge in [-0.25, -0.2) is 0 Å². The Hall–Kier alpha value is -3.01. The minimum atomic E-state index is 0.112. The molecule has 4 heteroatoms. The van der Waals surface area contributed by atoms with Crippen molar-refractivity contribution < 1.29 is 4.79 Å². The van der Waals surface area contributed by atoms with Crippen LogP contribution in [0.5, 0.6) is 0 Å². The Balaban J connectivity index is 1.42. The van der Waals surface area contributed by atoms with Crippen molar-refractivity contribution >= 4 is 11.6 Å². The van der Waals surface area contributed by atoms with Gasteiger partial charge in [-0.2, -0.15) is 0 Å². The van der Waals surface area contributed by atoms with Gasteiger partial charge in [0.25, 0.3) is 5.91 Å². The van der Waals surface area contributed by atoms with E-state index in [2.05, 4.69) is 35.3 Å². The van der Waals surface area contributed by atoms with E-state index in [-0.39, 0.29) is 5.91 Å². The summed E-state index contributed by atoms with van der Waals surface area (Å²) >= 11 is 0. The van der Waals surface area contributed by atoms with Gasteiger partial charge in [-0.15, -0.1) is 0 Å². The summed E-state index contributed by atoms with van der Waals surface area (Å²) in [5.41, 5.74) is 10.6. The highest BCUT2D eigenvalue weighted by molar-refractivity contribution is 6.00. The van der Waals surface area contributed by atoms with Crippen LogP contribution < -0.4 is 5.73 Å². The summed E-state index contributed by atoms with van der Waals surface area (Å²) in [5, 5.41) is 0. The molecule has 0 spiro atoms. The number of carbonyl (C=O) groups excluding carboxylic acids is 1. The van der Waals surface area contributed by atoms with E-state index < -0.39 is 0 Å². The highest BCUT2D eigenvalue weighted by Crippen LogP contribution is 2.28. The third-order valence-corrected chi connectivity index (χ3v) is 5.47. The van der Waals surface area contributed by atoms with Gasteiger partial charge < -0.3 is 15.6 Å². The number of nitrogens with two attached hydrogens (primary N) is 1. The molecule has 0 radical (unpaired) electrons. The predicted octanol–water partition coefficient (Wildman–Crippen LogP) is 4.36. The number of benzene rings is 2. The summed E-state index contributed by atoms with van der Waals surface area (Å²) in [5.74, 6) is 0.764. The summed E-state index contributed by atoms with van der Waals surface area (Å²) < 4.78 is 0. The van der Waals surface area contributed by atoms with Crippen LogP contribution in [0.2, 0.25) is 0 Å². The number of piperidine rings is 1. The van der Waals surface area contributed by atoms with Crippen molar-refractivity contribution in [2.24, 2.45) is 5.92 Å². The molecule has 4 rings (SSSR count). The molecule has 4 nitrogen and oxygen atoms in total. The first-order valence-electron chi connectivity index (χ1n) is 9.56. The van der Waals surface area contributed by atoms with E-state index in [0.29, 0.717) is 5.92 Å². The Bertz CT molecular complexity index is 891. The van der Waals surface area contributed by atoms with Crippen molar-refractivity contribution in [3.05, 3.63) is 78.1 Å². The van der Waals surface area contributed by atoms with Crippen molar-refractivity contribution in [2.75, 3.05) is 18.8 Å². The van der Waals surface area contributed by atoms with Gasteiger partial charge in [-0.05, 0) is 48.4 Å². The van der Waals surface area contributed by atoms with Crippen molar-refractivity contribution in [2.45, 2.75) is 19.3 Å². The van der Waals surface area contributed by atoms with Crippen LogP contribution in [0.3, 0.4) is 0 Å². The van der Waals surface area contributed by atoms with Gasteiger partial charge in [0.2, 0.25) is 0 Å². The second-order valence-corrected chi connectivity index (χ2v) is 7.33. The highest BCUT2D eigenvalue weighted by atomic mass is 16.2. The van der Waals surface area contributed by atoms with Gasteiger partial charge >= 0.3 is 0 Å². The number of hydrogen-bond acceptors (Lipinski definition) is 2. The SMILES string of the molecule is Nc1ccc(-c2c[nH]cc2C(=O)N2CCC(Cc3ccccc3)CC2)cc1. The topological polar surface area (TPSA) is 62.1 Å². The number of hydrogen-bond donors (Lipinski definition) is 2. The zero-order valence-electron chi connectivity index (χ0n) is 15.4. The molecule has 2 aromatic carbocycles. The Labute approximate surface area is 160 Å². The van der Waals surface area contributed by atoms with Gasteiger partial charge in [0, 0.05) is 36.7 Å². The van der Waals surface area contributed by atoms with Crippen LogP contribution in [-0.2, 0) is 6.42 Å². The first-order chi connectivity index (χ1) is 13.2. The molecule has 1 fully saturated rings. The number of aromatic amines is 1. The quantitative estimate of drug-likeness (QED) is 0.680. The largest absolute Gasteiger partial charge is 0.399 e. The standard InChI is InChI=1S/C23H25N3O/c24-20-8-6-19(7-9-20)21-15-25-16-22(21)23(27)26-12-10-18(11-13-26)14-17-4-2-1-3-5-17/h1-9,15-16,18,25H,10-14,24H2. The average Bonchev–Trinajstić information content (AvgIpc) is 3.19. The number of nitrogens with zero attached hydrogens (tertiary/aromatic N) is 1. The number of rotatable bonds is 4. The maximum Gasteiger partial charge on any atom is 0.256 e. The minimum Gasteiger partial charge on any atom is -0.399 e. The molecule has 0 atom stereocenters. The summed E-state index contributed by atoms with van der Waals surface area (Å²) in [6.45, 7) is 1.64. The van der Waals surface area contributed by atoms with Crippen LogP contribution >= 0.6 is 0 Å². The summed E-state index contributed by atoms with van der Waals surface area (Å²) in [7, 11) is 0. The molecule has 1 aromatic heterocycles. The van der Waals surface area contributed by atoms with Crippen LogP contribution in [0.1, 0.15) is 28.8 Å². The van der Waals surface area contributed by atoms with E-state index in [1.54, 1.807) is 0 Å².